The Morgan fingerprint density at radius 3 is 2.80 bits per heavy atom. The predicted octanol–water partition coefficient (Wildman–Crippen LogP) is 2.72. The average Bonchev–Trinajstić information content (AvgIpc) is 2.58. The van der Waals surface area contributed by atoms with Gasteiger partial charge in [0.1, 0.15) is 12.2 Å². The van der Waals surface area contributed by atoms with E-state index in [2.05, 4.69) is 31.9 Å². The topological polar surface area (TPSA) is 38.7 Å². The van der Waals surface area contributed by atoms with E-state index in [9.17, 15) is 5.11 Å². The molecule has 0 spiro atoms. The van der Waals surface area contributed by atoms with Crippen LogP contribution in [0.3, 0.4) is 0 Å². The molecule has 3 nitrogen and oxygen atoms in total. The lowest BCUT2D eigenvalue weighted by Gasteiger charge is -2.27. The Balaban J connectivity index is 2.12. The SMILES string of the molecule is OC(c1cc(Br)sc1Br)C1COCCO1. The number of hydrogen-bond acceptors (Lipinski definition) is 4. The first-order valence-corrected chi connectivity index (χ1v) is 6.91. The van der Waals surface area contributed by atoms with Gasteiger partial charge in [0, 0.05) is 5.56 Å². The lowest BCUT2D eigenvalue weighted by molar-refractivity contribution is -0.133. The van der Waals surface area contributed by atoms with Crippen LogP contribution in [0.5, 0.6) is 0 Å². The average molecular weight is 358 g/mol. The molecule has 6 heteroatoms. The molecule has 2 atom stereocenters. The van der Waals surface area contributed by atoms with Crippen molar-refractivity contribution < 1.29 is 14.6 Å². The van der Waals surface area contributed by atoms with Gasteiger partial charge in [0.25, 0.3) is 0 Å². The molecule has 1 N–H and O–H groups in total. The number of ether oxygens (including phenoxy) is 2. The van der Waals surface area contributed by atoms with Crippen molar-refractivity contribution in [2.45, 2.75) is 12.2 Å². The van der Waals surface area contributed by atoms with E-state index in [1.807, 2.05) is 6.07 Å². The fourth-order valence-corrected chi connectivity index (χ4v) is 4.35. The molecule has 2 rings (SSSR count). The van der Waals surface area contributed by atoms with E-state index in [1.54, 1.807) is 0 Å². The standard InChI is InChI=1S/C9H10Br2O3S/c10-7-3-5(9(11)15-7)8(12)6-4-13-1-2-14-6/h3,6,8,12H,1-2,4H2. The molecule has 0 aromatic carbocycles. The highest BCUT2D eigenvalue weighted by Crippen LogP contribution is 2.37. The van der Waals surface area contributed by atoms with Crippen molar-refractivity contribution in [2.24, 2.45) is 0 Å². The third kappa shape index (κ3) is 2.81. The number of halogens is 2. The number of aliphatic hydroxyl groups excluding tert-OH is 1. The summed E-state index contributed by atoms with van der Waals surface area (Å²) in [5.74, 6) is 0. The van der Waals surface area contributed by atoms with E-state index in [0.717, 1.165) is 13.1 Å². The van der Waals surface area contributed by atoms with Gasteiger partial charge in [0.05, 0.1) is 27.4 Å². The molecule has 15 heavy (non-hydrogen) atoms. The fourth-order valence-electron chi connectivity index (χ4n) is 1.44. The van der Waals surface area contributed by atoms with Gasteiger partial charge in [-0.15, -0.1) is 11.3 Å². The lowest BCUT2D eigenvalue weighted by atomic mass is 10.1. The Hall–Kier alpha value is 0.540. The summed E-state index contributed by atoms with van der Waals surface area (Å²) < 4.78 is 12.6. The summed E-state index contributed by atoms with van der Waals surface area (Å²) in [4.78, 5) is 0. The molecule has 0 aliphatic carbocycles. The molecular formula is C9H10Br2O3S. The third-order valence-electron chi connectivity index (χ3n) is 2.20. The maximum Gasteiger partial charge on any atom is 0.111 e. The number of aliphatic hydroxyl groups is 1. The van der Waals surface area contributed by atoms with Crippen molar-refractivity contribution in [1.29, 1.82) is 0 Å². The van der Waals surface area contributed by atoms with Gasteiger partial charge in [0.2, 0.25) is 0 Å². The summed E-state index contributed by atoms with van der Waals surface area (Å²) in [6.45, 7) is 1.60. The molecule has 0 bridgehead atoms. The van der Waals surface area contributed by atoms with E-state index in [-0.39, 0.29) is 6.10 Å². The van der Waals surface area contributed by atoms with E-state index in [1.165, 1.54) is 11.3 Å². The summed E-state index contributed by atoms with van der Waals surface area (Å²) >= 11 is 8.34. The summed E-state index contributed by atoms with van der Waals surface area (Å²) in [6.07, 6.45) is -0.904. The maximum absolute atomic E-state index is 10.1. The molecule has 1 aromatic rings. The van der Waals surface area contributed by atoms with Crippen LogP contribution in [0.15, 0.2) is 13.6 Å². The van der Waals surface area contributed by atoms with Crippen LogP contribution in [0, 0.1) is 0 Å². The van der Waals surface area contributed by atoms with Gasteiger partial charge in [-0.2, -0.15) is 0 Å². The molecule has 0 radical (unpaired) electrons. The first kappa shape index (κ1) is 12.0. The highest BCUT2D eigenvalue weighted by Gasteiger charge is 2.27. The fraction of sp³-hybridized carbons (Fsp3) is 0.556. The van der Waals surface area contributed by atoms with Crippen LogP contribution >= 0.6 is 43.2 Å². The minimum atomic E-state index is -0.637. The van der Waals surface area contributed by atoms with Crippen LogP contribution in [0.4, 0.5) is 0 Å². The second-order valence-electron chi connectivity index (χ2n) is 3.21. The van der Waals surface area contributed by atoms with Crippen molar-refractivity contribution >= 4 is 43.2 Å². The Bertz CT molecular complexity index is 336. The van der Waals surface area contributed by atoms with Crippen LogP contribution in [-0.4, -0.2) is 31.0 Å². The van der Waals surface area contributed by atoms with Crippen LogP contribution in [-0.2, 0) is 9.47 Å². The van der Waals surface area contributed by atoms with Crippen molar-refractivity contribution in [1.82, 2.24) is 0 Å². The Labute approximate surface area is 109 Å². The first-order chi connectivity index (χ1) is 7.18. The van der Waals surface area contributed by atoms with Crippen LogP contribution < -0.4 is 0 Å². The molecule has 1 aliphatic rings. The number of thiophene rings is 1. The van der Waals surface area contributed by atoms with Crippen molar-refractivity contribution in [3.8, 4) is 0 Å². The first-order valence-electron chi connectivity index (χ1n) is 4.50. The minimum Gasteiger partial charge on any atom is -0.386 e. The van der Waals surface area contributed by atoms with Crippen LogP contribution in [0.25, 0.3) is 0 Å². The third-order valence-corrected chi connectivity index (χ3v) is 4.58. The normalized spacial score (nSPS) is 24.1. The van der Waals surface area contributed by atoms with E-state index >= 15 is 0 Å². The minimum absolute atomic E-state index is 0.267. The molecule has 0 amide bonds. The highest BCUT2D eigenvalue weighted by molar-refractivity contribution is 9.12. The van der Waals surface area contributed by atoms with Gasteiger partial charge in [-0.05, 0) is 37.9 Å². The molecule has 0 saturated carbocycles. The summed E-state index contributed by atoms with van der Waals surface area (Å²) in [5, 5.41) is 10.1. The second kappa shape index (κ2) is 5.25. The summed E-state index contributed by atoms with van der Waals surface area (Å²) in [7, 11) is 0. The quantitative estimate of drug-likeness (QED) is 0.884. The van der Waals surface area contributed by atoms with E-state index < -0.39 is 6.10 Å². The molecule has 84 valence electrons. The van der Waals surface area contributed by atoms with Gasteiger partial charge < -0.3 is 14.6 Å². The predicted molar refractivity (Wildman–Crippen MR) is 65.2 cm³/mol. The van der Waals surface area contributed by atoms with E-state index in [4.69, 9.17) is 9.47 Å². The maximum atomic E-state index is 10.1. The largest absolute Gasteiger partial charge is 0.386 e. The van der Waals surface area contributed by atoms with Crippen molar-refractivity contribution in [3.63, 3.8) is 0 Å². The Morgan fingerprint density at radius 1 is 1.47 bits per heavy atom. The van der Waals surface area contributed by atoms with Gasteiger partial charge in [-0.25, -0.2) is 0 Å². The summed E-state index contributed by atoms with van der Waals surface area (Å²) in [6, 6.07) is 1.90. The van der Waals surface area contributed by atoms with Gasteiger partial charge in [-0.1, -0.05) is 0 Å². The Kier molecular flexibility index (Phi) is 4.20. The second-order valence-corrected chi connectivity index (χ2v) is 6.96. The van der Waals surface area contributed by atoms with Crippen LogP contribution in [0.2, 0.25) is 0 Å². The lowest BCUT2D eigenvalue weighted by Crippen LogP contribution is -2.33. The van der Waals surface area contributed by atoms with Crippen molar-refractivity contribution in [3.05, 3.63) is 19.2 Å². The van der Waals surface area contributed by atoms with E-state index in [0.29, 0.717) is 19.8 Å². The monoisotopic (exact) mass is 356 g/mol. The molecule has 2 unspecified atom stereocenters. The molecule has 1 fully saturated rings. The number of rotatable bonds is 2. The number of hydrogen-bond donors (Lipinski definition) is 1. The smallest absolute Gasteiger partial charge is 0.111 e. The van der Waals surface area contributed by atoms with Crippen molar-refractivity contribution in [2.75, 3.05) is 19.8 Å². The molecule has 1 aromatic heterocycles. The molecule has 1 aliphatic heterocycles. The zero-order chi connectivity index (χ0) is 10.8. The van der Waals surface area contributed by atoms with Gasteiger partial charge >= 0.3 is 0 Å². The zero-order valence-corrected chi connectivity index (χ0v) is 11.8. The molecule has 1 saturated heterocycles. The molecule has 2 heterocycles. The van der Waals surface area contributed by atoms with Crippen LogP contribution in [0.1, 0.15) is 11.7 Å². The Morgan fingerprint density at radius 2 is 2.27 bits per heavy atom. The molecular weight excluding hydrogens is 348 g/mol. The van der Waals surface area contributed by atoms with Gasteiger partial charge in [0.15, 0.2) is 0 Å². The summed E-state index contributed by atoms with van der Waals surface area (Å²) in [5.41, 5.74) is 0.849. The highest BCUT2D eigenvalue weighted by atomic mass is 79.9. The van der Waals surface area contributed by atoms with Gasteiger partial charge in [-0.3, -0.25) is 0 Å². The zero-order valence-electron chi connectivity index (χ0n) is 7.78.